The largest absolute Gasteiger partial charge is 0.478 e. The van der Waals surface area contributed by atoms with E-state index in [1.54, 1.807) is 0 Å². The SMILES string of the molecule is C=CC(=O)O.C=CC(=O)O.C=CC(=O)O.C=CC(=O)OCC(COC(=O)C=C)(COC(=O)C=C)COC(=O)C=C.CCC. The molecule has 3 N–H and O–H groups in total. The maximum atomic E-state index is 11.3. The van der Waals surface area contributed by atoms with E-state index in [1.807, 2.05) is 0 Å². The highest BCUT2D eigenvalue weighted by molar-refractivity contribution is 5.83. The molecule has 0 aromatic heterocycles. The molecule has 0 spiro atoms. The zero-order chi connectivity index (χ0) is 34.9. The van der Waals surface area contributed by atoms with Gasteiger partial charge in [-0.15, -0.1) is 0 Å². The van der Waals surface area contributed by atoms with Gasteiger partial charge in [0.25, 0.3) is 0 Å². The molecule has 0 radical (unpaired) electrons. The van der Waals surface area contributed by atoms with Crippen molar-refractivity contribution in [2.24, 2.45) is 5.41 Å². The van der Waals surface area contributed by atoms with Gasteiger partial charge in [0, 0.05) is 42.5 Å². The predicted molar refractivity (Wildman–Crippen MR) is 157 cm³/mol. The Kier molecular flexibility index (Phi) is 35.9. The molecule has 0 amide bonds. The molecule has 0 aliphatic carbocycles. The van der Waals surface area contributed by atoms with Crippen molar-refractivity contribution in [2.75, 3.05) is 26.4 Å². The lowest BCUT2D eigenvalue weighted by molar-refractivity contribution is -0.164. The fraction of sp³-hybridized carbons (Fsp3) is 0.276. The van der Waals surface area contributed by atoms with Gasteiger partial charge >= 0.3 is 41.8 Å². The van der Waals surface area contributed by atoms with E-state index < -0.39 is 47.2 Å². The number of carboxylic acids is 3. The normalized spacial score (nSPS) is 8.42. The van der Waals surface area contributed by atoms with E-state index in [0.29, 0.717) is 0 Å². The third-order valence-corrected chi connectivity index (χ3v) is 3.27. The summed E-state index contributed by atoms with van der Waals surface area (Å²) in [5, 5.41) is 22.8. The van der Waals surface area contributed by atoms with Gasteiger partial charge in [-0.25, -0.2) is 33.6 Å². The van der Waals surface area contributed by atoms with Crippen molar-refractivity contribution in [1.82, 2.24) is 0 Å². The molecule has 240 valence electrons. The van der Waals surface area contributed by atoms with Crippen molar-refractivity contribution < 1.29 is 67.8 Å². The van der Waals surface area contributed by atoms with Crippen molar-refractivity contribution in [2.45, 2.75) is 20.3 Å². The van der Waals surface area contributed by atoms with Gasteiger partial charge in [0.15, 0.2) is 0 Å². The minimum absolute atomic E-state index is 0.378. The summed E-state index contributed by atoms with van der Waals surface area (Å²) in [7, 11) is 0. The molecule has 0 fully saturated rings. The number of hydrogen-bond acceptors (Lipinski definition) is 11. The molecular formula is C29H40O14. The molecule has 43 heavy (non-hydrogen) atoms. The molecule has 0 saturated carbocycles. The summed E-state index contributed by atoms with van der Waals surface area (Å²) in [6.07, 6.45) is 7.44. The van der Waals surface area contributed by atoms with Crippen LogP contribution in [0.1, 0.15) is 20.3 Å². The Bertz CT molecular complexity index is 831. The number of aliphatic carboxylic acids is 3. The highest BCUT2D eigenvalue weighted by atomic mass is 16.6. The van der Waals surface area contributed by atoms with Crippen molar-refractivity contribution in [3.8, 4) is 0 Å². The minimum Gasteiger partial charge on any atom is -0.478 e. The summed E-state index contributed by atoms with van der Waals surface area (Å²) < 4.78 is 19.8. The van der Waals surface area contributed by atoms with Crippen LogP contribution in [0.4, 0.5) is 0 Å². The van der Waals surface area contributed by atoms with Crippen molar-refractivity contribution in [3.05, 3.63) is 88.6 Å². The van der Waals surface area contributed by atoms with Gasteiger partial charge in [-0.2, -0.15) is 0 Å². The molecule has 14 heteroatoms. The lowest BCUT2D eigenvalue weighted by atomic mass is 9.92. The van der Waals surface area contributed by atoms with Gasteiger partial charge in [-0.3, -0.25) is 0 Å². The predicted octanol–water partition coefficient (Wildman–Crippen LogP) is 3.08. The number of carboxylic acid groups (broad SMARTS) is 3. The maximum absolute atomic E-state index is 11.3. The van der Waals surface area contributed by atoms with Crippen LogP contribution < -0.4 is 0 Å². The molecule has 0 aromatic rings. The van der Waals surface area contributed by atoms with Crippen molar-refractivity contribution >= 4 is 41.8 Å². The number of esters is 4. The van der Waals surface area contributed by atoms with Crippen LogP contribution in [0.3, 0.4) is 0 Å². The van der Waals surface area contributed by atoms with Crippen LogP contribution in [0.25, 0.3) is 0 Å². The molecule has 0 aliphatic rings. The summed E-state index contributed by atoms with van der Waals surface area (Å²) >= 11 is 0. The van der Waals surface area contributed by atoms with Gasteiger partial charge in [0.2, 0.25) is 0 Å². The first-order chi connectivity index (χ1) is 20.0. The van der Waals surface area contributed by atoms with Gasteiger partial charge in [0.1, 0.15) is 31.8 Å². The number of rotatable bonds is 15. The molecule has 0 atom stereocenters. The van der Waals surface area contributed by atoms with E-state index in [2.05, 4.69) is 59.9 Å². The lowest BCUT2D eigenvalue weighted by Gasteiger charge is -2.31. The van der Waals surface area contributed by atoms with Crippen molar-refractivity contribution in [1.29, 1.82) is 0 Å². The third-order valence-electron chi connectivity index (χ3n) is 3.27. The minimum atomic E-state index is -1.34. The Labute approximate surface area is 250 Å². The Morgan fingerprint density at radius 2 is 0.605 bits per heavy atom. The first-order valence-corrected chi connectivity index (χ1v) is 11.8. The van der Waals surface area contributed by atoms with E-state index >= 15 is 0 Å². The Morgan fingerprint density at radius 3 is 0.698 bits per heavy atom. The molecule has 14 nitrogen and oxygen atoms in total. The third kappa shape index (κ3) is 41.1. The average Bonchev–Trinajstić information content (AvgIpc) is 3.00. The molecule has 0 rings (SSSR count). The Hall–Kier alpha value is -5.53. The van der Waals surface area contributed by atoms with Crippen molar-refractivity contribution in [3.63, 3.8) is 0 Å². The van der Waals surface area contributed by atoms with Gasteiger partial charge < -0.3 is 34.3 Å². The zero-order valence-corrected chi connectivity index (χ0v) is 24.4. The van der Waals surface area contributed by atoms with Crippen LogP contribution in [-0.4, -0.2) is 83.5 Å². The number of hydrogen-bond donors (Lipinski definition) is 3. The monoisotopic (exact) mass is 612 g/mol. The molecule has 0 bridgehead atoms. The van der Waals surface area contributed by atoms with Gasteiger partial charge in [0.05, 0.1) is 0 Å². The van der Waals surface area contributed by atoms with Crippen LogP contribution in [0, 0.1) is 5.41 Å². The second kappa shape index (κ2) is 32.7. The standard InChI is InChI=1S/C17H20O8.3C3H4O2.C3H8/c1-5-13(18)22-9-17(10-23-14(19)6-2,11-24-15(20)7-3)12-25-16(21)8-4;3*1-2-3(4)5;1-3-2/h5-8H,1-4,9-12H2;3*2H,1H2,(H,4,5);3H2,1-2H3. The van der Waals surface area contributed by atoms with Crippen LogP contribution >= 0.6 is 0 Å². The Balaban J connectivity index is -0.000000215. The van der Waals surface area contributed by atoms with E-state index in [1.165, 1.54) is 6.42 Å². The molecule has 0 heterocycles. The van der Waals surface area contributed by atoms with Crippen LogP contribution in [0.2, 0.25) is 0 Å². The second-order valence-corrected chi connectivity index (χ2v) is 7.08. The highest BCUT2D eigenvalue weighted by Crippen LogP contribution is 2.21. The quantitative estimate of drug-likeness (QED) is 0.138. The van der Waals surface area contributed by atoms with Gasteiger partial charge in [-0.1, -0.05) is 66.3 Å². The maximum Gasteiger partial charge on any atom is 0.330 e. The van der Waals surface area contributed by atoms with E-state index in [-0.39, 0.29) is 26.4 Å². The van der Waals surface area contributed by atoms with Gasteiger partial charge in [-0.05, 0) is 0 Å². The first-order valence-electron chi connectivity index (χ1n) is 11.8. The summed E-state index contributed by atoms with van der Waals surface area (Å²) in [6.45, 7) is 24.6. The van der Waals surface area contributed by atoms with E-state index in [9.17, 15) is 33.6 Å². The Morgan fingerprint density at radius 1 is 0.465 bits per heavy atom. The molecule has 0 unspecified atom stereocenters. The summed E-state index contributed by atoms with van der Waals surface area (Å²) in [5.41, 5.74) is -1.34. The van der Waals surface area contributed by atoms with Crippen LogP contribution in [0.15, 0.2) is 88.6 Å². The highest BCUT2D eigenvalue weighted by Gasteiger charge is 2.37. The van der Waals surface area contributed by atoms with Crippen LogP contribution in [-0.2, 0) is 52.5 Å². The summed E-state index contributed by atoms with van der Waals surface area (Å²) in [6, 6.07) is 0. The lowest BCUT2D eigenvalue weighted by Crippen LogP contribution is -2.43. The molecule has 0 aromatic carbocycles. The average molecular weight is 613 g/mol. The summed E-state index contributed by atoms with van der Waals surface area (Å²) in [4.78, 5) is 73.1. The fourth-order valence-electron chi connectivity index (χ4n) is 1.38. The number of carbonyl (C=O) groups excluding carboxylic acids is 4. The first kappa shape index (κ1) is 47.3. The fourth-order valence-corrected chi connectivity index (χ4v) is 1.38. The molecular weight excluding hydrogens is 572 g/mol. The van der Waals surface area contributed by atoms with Crippen LogP contribution in [0.5, 0.6) is 0 Å². The topological polar surface area (TPSA) is 217 Å². The second-order valence-electron chi connectivity index (χ2n) is 7.08. The smallest absolute Gasteiger partial charge is 0.330 e. The zero-order valence-electron chi connectivity index (χ0n) is 24.4. The van der Waals surface area contributed by atoms with E-state index in [0.717, 1.165) is 42.5 Å². The van der Waals surface area contributed by atoms with E-state index in [4.69, 9.17) is 34.3 Å². The molecule has 0 saturated heterocycles. The number of ether oxygens (including phenoxy) is 4. The molecule has 0 aliphatic heterocycles. The number of carbonyl (C=O) groups is 7. The summed E-state index contributed by atoms with van der Waals surface area (Å²) in [5.74, 6) is -5.98.